The van der Waals surface area contributed by atoms with Crippen molar-refractivity contribution >= 4 is 23.5 Å². The monoisotopic (exact) mass is 407 g/mol. The molecule has 2 aliphatic heterocycles. The van der Waals surface area contributed by atoms with Crippen molar-refractivity contribution in [2.24, 2.45) is 0 Å². The van der Waals surface area contributed by atoms with E-state index < -0.39 is 0 Å². The molecule has 0 unspecified atom stereocenters. The van der Waals surface area contributed by atoms with Crippen LogP contribution in [0.5, 0.6) is 11.5 Å². The maximum atomic E-state index is 12.8. The van der Waals surface area contributed by atoms with Crippen LogP contribution in [0.4, 0.5) is 5.82 Å². The molecule has 0 fully saturated rings. The van der Waals surface area contributed by atoms with Crippen LogP contribution in [-0.4, -0.2) is 27.7 Å². The van der Waals surface area contributed by atoms with E-state index in [4.69, 9.17) is 14.6 Å². The van der Waals surface area contributed by atoms with E-state index >= 15 is 0 Å². The number of aryl methyl sites for hydroxylation is 2. The zero-order valence-electron chi connectivity index (χ0n) is 16.4. The Morgan fingerprint density at radius 3 is 2.79 bits per heavy atom. The first-order chi connectivity index (χ1) is 14.0. The number of benzene rings is 2. The van der Waals surface area contributed by atoms with E-state index in [9.17, 15) is 4.79 Å². The van der Waals surface area contributed by atoms with Crippen molar-refractivity contribution in [1.82, 2.24) is 9.78 Å². The molecule has 29 heavy (non-hydrogen) atoms. The molecular formula is C22H21N3O3S. The van der Waals surface area contributed by atoms with Crippen molar-refractivity contribution < 1.29 is 14.3 Å². The van der Waals surface area contributed by atoms with Crippen molar-refractivity contribution in [3.63, 3.8) is 0 Å². The Morgan fingerprint density at radius 1 is 1.14 bits per heavy atom. The Labute approximate surface area is 173 Å². The molecule has 1 amide bonds. The Kier molecular flexibility index (Phi) is 4.28. The molecule has 6 nitrogen and oxygen atoms in total. The largest absolute Gasteiger partial charge is 0.454 e. The molecule has 5 rings (SSSR count). The minimum atomic E-state index is -0.205. The number of carbonyl (C=O) groups is 1. The quantitative estimate of drug-likeness (QED) is 0.683. The number of hydrogen-bond donors (Lipinski definition) is 1. The minimum Gasteiger partial charge on any atom is -0.454 e. The third kappa shape index (κ3) is 3.06. The van der Waals surface area contributed by atoms with Gasteiger partial charge in [-0.2, -0.15) is 5.10 Å². The SMILES string of the molecule is Cc1cccc(-n2nc(C)c3c2NC(=O)[C@@H](C)S[C@H]3c2ccc3c(c2)OCO3)c1. The summed E-state index contributed by atoms with van der Waals surface area (Å²) in [7, 11) is 0. The van der Waals surface area contributed by atoms with Gasteiger partial charge in [-0.15, -0.1) is 11.8 Å². The number of fused-ring (bicyclic) bond motifs is 2. The second-order valence-corrected chi connectivity index (χ2v) is 8.81. The predicted octanol–water partition coefficient (Wildman–Crippen LogP) is 4.38. The molecule has 7 heteroatoms. The molecule has 0 spiro atoms. The summed E-state index contributed by atoms with van der Waals surface area (Å²) >= 11 is 1.62. The zero-order valence-corrected chi connectivity index (χ0v) is 17.2. The highest BCUT2D eigenvalue weighted by Crippen LogP contribution is 2.48. The molecule has 148 valence electrons. The summed E-state index contributed by atoms with van der Waals surface area (Å²) in [6.07, 6.45) is 0. The third-order valence-electron chi connectivity index (χ3n) is 5.27. The van der Waals surface area contributed by atoms with E-state index in [-0.39, 0.29) is 23.2 Å². The van der Waals surface area contributed by atoms with E-state index in [1.54, 1.807) is 11.8 Å². The molecule has 3 heterocycles. The number of thioether (sulfide) groups is 1. The van der Waals surface area contributed by atoms with Gasteiger partial charge in [-0.25, -0.2) is 4.68 Å². The van der Waals surface area contributed by atoms with Crippen LogP contribution < -0.4 is 14.8 Å². The lowest BCUT2D eigenvalue weighted by atomic mass is 10.0. The van der Waals surface area contributed by atoms with Crippen LogP contribution in [0.25, 0.3) is 5.69 Å². The first-order valence-corrected chi connectivity index (χ1v) is 10.5. The number of aromatic nitrogens is 2. The van der Waals surface area contributed by atoms with Gasteiger partial charge in [-0.05, 0) is 56.2 Å². The number of ether oxygens (including phenoxy) is 2. The van der Waals surface area contributed by atoms with E-state index in [0.29, 0.717) is 0 Å². The fourth-order valence-corrected chi connectivity index (χ4v) is 5.11. The topological polar surface area (TPSA) is 65.4 Å². The van der Waals surface area contributed by atoms with Gasteiger partial charge in [0, 0.05) is 5.56 Å². The lowest BCUT2D eigenvalue weighted by Gasteiger charge is -2.17. The van der Waals surface area contributed by atoms with Crippen LogP contribution in [0.2, 0.25) is 0 Å². The van der Waals surface area contributed by atoms with Gasteiger partial charge in [0.25, 0.3) is 0 Å². The zero-order chi connectivity index (χ0) is 20.1. The minimum absolute atomic E-state index is 0.0201. The molecule has 2 aromatic carbocycles. The standard InChI is InChI=1S/C22H21N3O3S/c1-12-5-4-6-16(9-12)25-21-19(13(2)24-25)20(29-14(3)22(26)23-21)15-7-8-17-18(10-15)28-11-27-17/h4-10,14,20H,11H2,1-3H3,(H,23,26)/t14-,20+/m1/s1. The van der Waals surface area contributed by atoms with Crippen LogP contribution in [0.3, 0.4) is 0 Å². The van der Waals surface area contributed by atoms with Gasteiger partial charge < -0.3 is 14.8 Å². The Bertz CT molecular complexity index is 1120. The number of hydrogen-bond acceptors (Lipinski definition) is 5. The van der Waals surface area contributed by atoms with Crippen LogP contribution in [0.1, 0.15) is 34.6 Å². The fraction of sp³-hybridized carbons (Fsp3) is 0.273. The van der Waals surface area contributed by atoms with Gasteiger partial charge in [0.05, 0.1) is 21.9 Å². The van der Waals surface area contributed by atoms with Gasteiger partial charge in [-0.1, -0.05) is 18.2 Å². The molecule has 0 bridgehead atoms. The van der Waals surface area contributed by atoms with Gasteiger partial charge >= 0.3 is 0 Å². The van der Waals surface area contributed by atoms with Crippen molar-refractivity contribution in [2.75, 3.05) is 12.1 Å². The summed E-state index contributed by atoms with van der Waals surface area (Å²) in [6, 6.07) is 14.1. The normalized spacial score (nSPS) is 20.2. The molecule has 0 radical (unpaired) electrons. The van der Waals surface area contributed by atoms with Gasteiger partial charge in [0.2, 0.25) is 12.7 Å². The summed E-state index contributed by atoms with van der Waals surface area (Å²) in [4.78, 5) is 12.8. The fourth-order valence-electron chi connectivity index (χ4n) is 3.79. The Hall–Kier alpha value is -2.93. The van der Waals surface area contributed by atoms with Crippen molar-refractivity contribution in [3.8, 4) is 17.2 Å². The van der Waals surface area contributed by atoms with E-state index in [1.807, 2.05) is 61.9 Å². The lowest BCUT2D eigenvalue weighted by molar-refractivity contribution is -0.115. The summed E-state index contributed by atoms with van der Waals surface area (Å²) in [5.41, 5.74) is 5.05. The number of amides is 1. The Morgan fingerprint density at radius 2 is 1.97 bits per heavy atom. The second kappa shape index (κ2) is 6.84. The van der Waals surface area contributed by atoms with Gasteiger partial charge in [0.15, 0.2) is 11.5 Å². The highest BCUT2D eigenvalue weighted by atomic mass is 32.2. The third-order valence-corrected chi connectivity index (χ3v) is 6.67. The smallest absolute Gasteiger partial charge is 0.238 e. The van der Waals surface area contributed by atoms with Crippen LogP contribution >= 0.6 is 11.8 Å². The highest BCUT2D eigenvalue weighted by molar-refractivity contribution is 8.01. The molecule has 0 saturated carbocycles. The first-order valence-electron chi connectivity index (χ1n) is 9.53. The van der Waals surface area contributed by atoms with Crippen molar-refractivity contribution in [2.45, 2.75) is 31.3 Å². The van der Waals surface area contributed by atoms with Crippen molar-refractivity contribution in [3.05, 3.63) is 64.8 Å². The van der Waals surface area contributed by atoms with Gasteiger partial charge in [-0.3, -0.25) is 4.79 Å². The lowest BCUT2D eigenvalue weighted by Crippen LogP contribution is -2.22. The summed E-state index contributed by atoms with van der Waals surface area (Å²) in [6.45, 7) is 6.21. The molecule has 0 aliphatic carbocycles. The molecule has 2 atom stereocenters. The molecule has 2 aliphatic rings. The summed E-state index contributed by atoms with van der Waals surface area (Å²) in [5, 5.41) is 7.65. The van der Waals surface area contributed by atoms with E-state index in [2.05, 4.69) is 11.4 Å². The molecule has 3 aromatic rings. The summed E-state index contributed by atoms with van der Waals surface area (Å²) < 4.78 is 12.9. The van der Waals surface area contributed by atoms with Crippen LogP contribution in [0.15, 0.2) is 42.5 Å². The average molecular weight is 407 g/mol. The van der Waals surface area contributed by atoms with E-state index in [0.717, 1.165) is 45.4 Å². The summed E-state index contributed by atoms with van der Waals surface area (Å²) in [5.74, 6) is 2.21. The Balaban J connectivity index is 1.68. The number of anilines is 1. The number of nitrogens with zero attached hydrogens (tertiary/aromatic N) is 2. The van der Waals surface area contributed by atoms with Crippen LogP contribution in [0, 0.1) is 13.8 Å². The maximum absolute atomic E-state index is 12.8. The molecule has 1 N–H and O–H groups in total. The first kappa shape index (κ1) is 18.1. The number of rotatable bonds is 2. The van der Waals surface area contributed by atoms with Crippen LogP contribution in [-0.2, 0) is 4.79 Å². The van der Waals surface area contributed by atoms with Crippen molar-refractivity contribution in [1.29, 1.82) is 0 Å². The molecule has 0 saturated heterocycles. The second-order valence-electron chi connectivity index (χ2n) is 7.36. The maximum Gasteiger partial charge on any atom is 0.238 e. The number of nitrogens with one attached hydrogen (secondary N) is 1. The average Bonchev–Trinajstić information content (AvgIpc) is 3.26. The highest BCUT2D eigenvalue weighted by Gasteiger charge is 2.34. The van der Waals surface area contributed by atoms with Gasteiger partial charge in [0.1, 0.15) is 5.82 Å². The predicted molar refractivity (Wildman–Crippen MR) is 113 cm³/mol. The molecular weight excluding hydrogens is 386 g/mol. The van der Waals surface area contributed by atoms with E-state index in [1.165, 1.54) is 0 Å². The number of carbonyl (C=O) groups excluding carboxylic acids is 1. The molecule has 1 aromatic heterocycles.